The van der Waals surface area contributed by atoms with Crippen molar-refractivity contribution in [3.05, 3.63) is 96.1 Å². The molecule has 4 aliphatic rings. The molecule has 0 aromatic heterocycles. The molecule has 3 amide bonds. The lowest BCUT2D eigenvalue weighted by Gasteiger charge is -2.39. The van der Waals surface area contributed by atoms with Gasteiger partial charge in [0.1, 0.15) is 23.7 Å². The lowest BCUT2D eigenvalue weighted by atomic mass is 9.77. The molecule has 6 rings (SSSR count). The van der Waals surface area contributed by atoms with E-state index in [2.05, 4.69) is 5.32 Å². The van der Waals surface area contributed by atoms with Gasteiger partial charge >= 0.3 is 5.97 Å². The Kier molecular flexibility index (Phi) is 9.11. The third kappa shape index (κ3) is 5.76. The number of cyclic esters (lactones) is 1. The fourth-order valence-electron chi connectivity index (χ4n) is 7.32. The van der Waals surface area contributed by atoms with Crippen LogP contribution >= 0.6 is 0 Å². The number of allylic oxidation sites excluding steroid dienone is 1. The second-order valence-electron chi connectivity index (χ2n) is 12.8. The first-order chi connectivity index (χ1) is 22.2. The summed E-state index contributed by atoms with van der Waals surface area (Å²) >= 11 is 0. The molecule has 10 heteroatoms. The summed E-state index contributed by atoms with van der Waals surface area (Å²) in [6, 6.07) is 17.0. The summed E-state index contributed by atoms with van der Waals surface area (Å²) in [5.74, 6) is -3.88. The Morgan fingerprint density at radius 3 is 2.39 bits per heavy atom. The zero-order chi connectivity index (χ0) is 32.4. The van der Waals surface area contributed by atoms with Crippen LogP contribution in [0.4, 0.5) is 0 Å². The Bertz CT molecular complexity index is 1510. The summed E-state index contributed by atoms with van der Waals surface area (Å²) < 4.78 is 12.9. The average Bonchev–Trinajstić information content (AvgIpc) is 3.44. The monoisotopic (exact) mass is 627 g/mol. The first-order valence-corrected chi connectivity index (χ1v) is 16.0. The number of aliphatic hydroxyl groups excluding tert-OH is 1. The molecule has 2 fully saturated rings. The Hall–Kier alpha value is -4.28. The molecule has 0 saturated carbocycles. The van der Waals surface area contributed by atoms with Gasteiger partial charge in [0.2, 0.25) is 17.7 Å². The van der Waals surface area contributed by atoms with E-state index >= 15 is 0 Å². The van der Waals surface area contributed by atoms with Crippen molar-refractivity contribution < 1.29 is 33.8 Å². The number of nitrogens with zero attached hydrogens (tertiary/aromatic N) is 2. The molecule has 1 spiro atoms. The Morgan fingerprint density at radius 1 is 0.978 bits per heavy atom. The molecule has 2 saturated heterocycles. The van der Waals surface area contributed by atoms with Crippen LogP contribution in [-0.4, -0.2) is 82.1 Å². The minimum atomic E-state index is -1.48. The number of carbonyl (C=O) groups is 4. The maximum Gasteiger partial charge on any atom is 0.313 e. The number of hydrogen-bond donors (Lipinski definition) is 2. The number of amides is 3. The largest absolute Gasteiger partial charge is 0.455 e. The van der Waals surface area contributed by atoms with Crippen molar-refractivity contribution in [2.75, 3.05) is 19.7 Å². The molecule has 0 aliphatic carbocycles. The molecule has 2 N–H and O–H groups in total. The van der Waals surface area contributed by atoms with Gasteiger partial charge in [-0.25, -0.2) is 0 Å². The highest BCUT2D eigenvalue weighted by atomic mass is 16.6. The zero-order valence-corrected chi connectivity index (χ0v) is 26.2. The van der Waals surface area contributed by atoms with E-state index in [9.17, 15) is 24.3 Å². The van der Waals surface area contributed by atoms with Crippen molar-refractivity contribution in [2.45, 2.75) is 63.1 Å². The molecule has 242 valence electrons. The van der Waals surface area contributed by atoms with Crippen LogP contribution in [0.15, 0.2) is 85.0 Å². The van der Waals surface area contributed by atoms with Crippen LogP contribution < -0.4 is 5.32 Å². The molecule has 7 atom stereocenters. The summed E-state index contributed by atoms with van der Waals surface area (Å²) in [5, 5.41) is 13.4. The molecule has 4 heterocycles. The molecule has 4 aliphatic heterocycles. The minimum Gasteiger partial charge on any atom is -0.455 e. The third-order valence-corrected chi connectivity index (χ3v) is 9.60. The van der Waals surface area contributed by atoms with Gasteiger partial charge in [-0.2, -0.15) is 0 Å². The summed E-state index contributed by atoms with van der Waals surface area (Å²) in [7, 11) is 0. The predicted molar refractivity (Wildman–Crippen MR) is 169 cm³/mol. The maximum atomic E-state index is 14.7. The van der Waals surface area contributed by atoms with Gasteiger partial charge in [-0.15, -0.1) is 0 Å². The van der Waals surface area contributed by atoms with Crippen molar-refractivity contribution >= 4 is 23.7 Å². The number of likely N-dealkylation sites (tertiary alicyclic amines) is 1. The number of nitrogens with one attached hydrogen (secondary N) is 1. The molecule has 10 nitrogen and oxygen atoms in total. The number of ether oxygens (including phenoxy) is 2. The van der Waals surface area contributed by atoms with Gasteiger partial charge < -0.3 is 29.7 Å². The molecule has 2 aromatic rings. The summed E-state index contributed by atoms with van der Waals surface area (Å²) in [6.07, 6.45) is 6.08. The van der Waals surface area contributed by atoms with Gasteiger partial charge in [-0.05, 0) is 23.5 Å². The van der Waals surface area contributed by atoms with Crippen molar-refractivity contribution in [3.8, 4) is 0 Å². The number of carbonyl (C=O) groups excluding carboxylic acids is 4. The average molecular weight is 628 g/mol. The first kappa shape index (κ1) is 31.7. The quantitative estimate of drug-likeness (QED) is 0.373. The second kappa shape index (κ2) is 13.2. The van der Waals surface area contributed by atoms with E-state index in [1.54, 1.807) is 23.1 Å². The lowest BCUT2D eigenvalue weighted by molar-refractivity contribution is -0.161. The van der Waals surface area contributed by atoms with Crippen LogP contribution in [0.2, 0.25) is 0 Å². The standard InChI is InChI=1S/C36H41N3O7/c1-23(2)26(22-40)39-32-34(43)38(21-24-12-5-3-6-13-24)19-11-18-36(32)31(33(39)42)30-27(46-36)16-9-10-17-29(41)37-20-28(45-35(30)44)25-14-7-4-8-15-25/h3-9,11-16,18,23,26-28,30-32,40H,10,17,19-22H2,1-2H3,(H,37,41)/b16-9-/t26-,27-,28+,30+,31+,32-,36+/m0/s1. The minimum absolute atomic E-state index is 0.0713. The molecule has 2 aromatic carbocycles. The summed E-state index contributed by atoms with van der Waals surface area (Å²) in [4.78, 5) is 59.3. The fourth-order valence-corrected chi connectivity index (χ4v) is 7.32. The van der Waals surface area contributed by atoms with E-state index in [-0.39, 0.29) is 43.8 Å². The van der Waals surface area contributed by atoms with Gasteiger partial charge in [-0.1, -0.05) is 98.8 Å². The second-order valence-corrected chi connectivity index (χ2v) is 12.8. The first-order valence-electron chi connectivity index (χ1n) is 16.0. The van der Waals surface area contributed by atoms with E-state index in [0.717, 1.165) is 5.56 Å². The topological polar surface area (TPSA) is 125 Å². The van der Waals surface area contributed by atoms with Gasteiger partial charge in [0.25, 0.3) is 0 Å². The highest BCUT2D eigenvalue weighted by Gasteiger charge is 2.72. The zero-order valence-electron chi connectivity index (χ0n) is 26.2. The van der Waals surface area contributed by atoms with E-state index in [4.69, 9.17) is 9.47 Å². The number of rotatable bonds is 6. The van der Waals surface area contributed by atoms with Crippen LogP contribution in [0.1, 0.15) is 43.9 Å². The number of fused-ring (bicyclic) bond motifs is 2. The molecule has 0 radical (unpaired) electrons. The lowest BCUT2D eigenvalue weighted by Crippen LogP contribution is -2.59. The number of aliphatic hydroxyl groups is 1. The Labute approximate surface area is 269 Å². The fraction of sp³-hybridized carbons (Fsp3) is 0.444. The van der Waals surface area contributed by atoms with E-state index in [1.807, 2.05) is 80.6 Å². The van der Waals surface area contributed by atoms with E-state index in [1.165, 1.54) is 4.90 Å². The normalized spacial score (nSPS) is 31.2. The Balaban J connectivity index is 1.43. The Morgan fingerprint density at radius 2 is 1.70 bits per heavy atom. The van der Waals surface area contributed by atoms with Crippen molar-refractivity contribution in [1.82, 2.24) is 15.1 Å². The van der Waals surface area contributed by atoms with Crippen LogP contribution in [0.3, 0.4) is 0 Å². The summed E-state index contributed by atoms with van der Waals surface area (Å²) in [6.45, 7) is 4.11. The van der Waals surface area contributed by atoms with Crippen LogP contribution in [0.5, 0.6) is 0 Å². The SMILES string of the molecule is CC(C)[C@H](CO)N1C(=O)[C@H]2[C@@H]3C(=O)O[C@@H](c4ccccc4)CNC(=O)CC/C=C\[C@@H]3O[C@]23C=CCN(Cc2ccccc2)C(=O)[C@H]13. The van der Waals surface area contributed by atoms with Gasteiger partial charge in [-0.3, -0.25) is 19.2 Å². The van der Waals surface area contributed by atoms with Crippen LogP contribution in [-0.2, 0) is 35.2 Å². The predicted octanol–water partition coefficient (Wildman–Crippen LogP) is 2.93. The van der Waals surface area contributed by atoms with Crippen molar-refractivity contribution in [1.29, 1.82) is 0 Å². The van der Waals surface area contributed by atoms with E-state index in [0.29, 0.717) is 18.5 Å². The summed E-state index contributed by atoms with van der Waals surface area (Å²) in [5.41, 5.74) is 0.162. The molecular formula is C36H41N3O7. The van der Waals surface area contributed by atoms with Gasteiger partial charge in [0.05, 0.1) is 31.2 Å². The third-order valence-electron chi connectivity index (χ3n) is 9.60. The van der Waals surface area contributed by atoms with Crippen LogP contribution in [0.25, 0.3) is 0 Å². The van der Waals surface area contributed by atoms with E-state index < -0.39 is 53.6 Å². The molecule has 0 bridgehead atoms. The van der Waals surface area contributed by atoms with Crippen molar-refractivity contribution in [3.63, 3.8) is 0 Å². The highest BCUT2D eigenvalue weighted by Crippen LogP contribution is 2.54. The maximum absolute atomic E-state index is 14.7. The molecule has 0 unspecified atom stereocenters. The molecular weight excluding hydrogens is 586 g/mol. The van der Waals surface area contributed by atoms with Gasteiger partial charge in [0, 0.05) is 19.5 Å². The van der Waals surface area contributed by atoms with Gasteiger partial charge in [0.15, 0.2) is 0 Å². The highest BCUT2D eigenvalue weighted by molar-refractivity contribution is 5.99. The number of hydrogen-bond acceptors (Lipinski definition) is 7. The smallest absolute Gasteiger partial charge is 0.313 e. The van der Waals surface area contributed by atoms with Crippen LogP contribution in [0, 0.1) is 17.8 Å². The molecule has 46 heavy (non-hydrogen) atoms. The number of benzene rings is 2. The number of esters is 1. The van der Waals surface area contributed by atoms with Crippen molar-refractivity contribution in [2.24, 2.45) is 17.8 Å².